The predicted molar refractivity (Wildman–Crippen MR) is 74.8 cm³/mol. The lowest BCUT2D eigenvalue weighted by atomic mass is 10.1. The number of nitrogens with one attached hydrogen (secondary N) is 1. The number of nitrogens with zero attached hydrogens (tertiary/aromatic N) is 2. The van der Waals surface area contributed by atoms with E-state index in [0.717, 1.165) is 16.4 Å². The maximum Gasteiger partial charge on any atom is 0.142 e. The van der Waals surface area contributed by atoms with Crippen molar-refractivity contribution in [3.63, 3.8) is 0 Å². The number of thiazole rings is 1. The van der Waals surface area contributed by atoms with Crippen molar-refractivity contribution in [3.8, 4) is 10.7 Å². The van der Waals surface area contributed by atoms with E-state index in [1.807, 2.05) is 23.6 Å². The first kappa shape index (κ1) is 14.1. The Balaban J connectivity index is 2.02. The molecule has 0 saturated heterocycles. The van der Waals surface area contributed by atoms with E-state index < -0.39 is 5.54 Å². The summed E-state index contributed by atoms with van der Waals surface area (Å²) in [5.74, 6) is 0. The van der Waals surface area contributed by atoms with Crippen LogP contribution >= 0.6 is 11.3 Å². The molecule has 0 aliphatic carbocycles. The van der Waals surface area contributed by atoms with Gasteiger partial charge in [0.05, 0.1) is 30.1 Å². The highest BCUT2D eigenvalue weighted by Gasteiger charge is 2.21. The molecule has 0 bridgehead atoms. The highest BCUT2D eigenvalue weighted by Crippen LogP contribution is 2.21. The van der Waals surface area contributed by atoms with Crippen LogP contribution in [0.15, 0.2) is 29.8 Å². The van der Waals surface area contributed by atoms with Crippen molar-refractivity contribution in [1.82, 2.24) is 15.3 Å². The summed E-state index contributed by atoms with van der Waals surface area (Å²) in [5, 5.41) is 24.3. The number of rotatable bonds is 6. The third kappa shape index (κ3) is 3.57. The van der Waals surface area contributed by atoms with Gasteiger partial charge in [-0.05, 0) is 19.1 Å². The molecule has 2 rings (SSSR count). The van der Waals surface area contributed by atoms with Gasteiger partial charge in [0.1, 0.15) is 5.01 Å². The number of hydrogen-bond acceptors (Lipinski definition) is 6. The second-order valence-electron chi connectivity index (χ2n) is 4.59. The first-order valence-corrected chi connectivity index (χ1v) is 6.87. The van der Waals surface area contributed by atoms with E-state index in [4.69, 9.17) is 0 Å². The fraction of sp³-hybridized carbons (Fsp3) is 0.385. The minimum atomic E-state index is -0.686. The van der Waals surface area contributed by atoms with Crippen molar-refractivity contribution in [2.45, 2.75) is 19.0 Å². The first-order chi connectivity index (χ1) is 9.17. The summed E-state index contributed by atoms with van der Waals surface area (Å²) in [6, 6.07) is 5.71. The molecule has 0 amide bonds. The maximum atomic E-state index is 9.20. The fourth-order valence-electron chi connectivity index (χ4n) is 1.46. The zero-order chi connectivity index (χ0) is 13.7. The summed E-state index contributed by atoms with van der Waals surface area (Å²) in [4.78, 5) is 8.73. The second-order valence-corrected chi connectivity index (χ2v) is 5.45. The molecule has 5 nitrogen and oxygen atoms in total. The Bertz CT molecular complexity index is 512. The van der Waals surface area contributed by atoms with Crippen LogP contribution in [0.2, 0.25) is 0 Å². The molecule has 0 aromatic carbocycles. The van der Waals surface area contributed by atoms with Crippen molar-refractivity contribution >= 4 is 11.3 Å². The van der Waals surface area contributed by atoms with Crippen LogP contribution in [0.3, 0.4) is 0 Å². The summed E-state index contributed by atoms with van der Waals surface area (Å²) in [6.07, 6.45) is 1.74. The van der Waals surface area contributed by atoms with Crippen molar-refractivity contribution < 1.29 is 10.2 Å². The van der Waals surface area contributed by atoms with Gasteiger partial charge in [0.2, 0.25) is 0 Å². The fourth-order valence-corrected chi connectivity index (χ4v) is 2.26. The van der Waals surface area contributed by atoms with Crippen molar-refractivity contribution in [2.24, 2.45) is 0 Å². The Kier molecular flexibility index (Phi) is 4.60. The molecule has 19 heavy (non-hydrogen) atoms. The second kappa shape index (κ2) is 6.21. The minimum absolute atomic E-state index is 0.124. The number of pyridine rings is 1. The zero-order valence-corrected chi connectivity index (χ0v) is 11.5. The smallest absolute Gasteiger partial charge is 0.142 e. The van der Waals surface area contributed by atoms with E-state index in [0.29, 0.717) is 6.54 Å². The molecule has 2 aromatic rings. The topological polar surface area (TPSA) is 78.3 Å². The molecule has 102 valence electrons. The van der Waals surface area contributed by atoms with E-state index in [1.165, 1.54) is 11.3 Å². The van der Waals surface area contributed by atoms with Gasteiger partial charge in [-0.25, -0.2) is 4.98 Å². The summed E-state index contributed by atoms with van der Waals surface area (Å²) < 4.78 is 0. The van der Waals surface area contributed by atoms with E-state index in [2.05, 4.69) is 15.3 Å². The molecule has 0 radical (unpaired) electrons. The standard InChI is InChI=1S/C13H17N3O2S/c1-13(8-17,9-18)15-6-10-7-19-12(16-10)11-4-2-3-5-14-11/h2-5,7,15,17-18H,6,8-9H2,1H3. The third-order valence-corrected chi connectivity index (χ3v) is 3.74. The Morgan fingerprint density at radius 3 is 2.74 bits per heavy atom. The Morgan fingerprint density at radius 2 is 2.11 bits per heavy atom. The molecular weight excluding hydrogens is 262 g/mol. The largest absolute Gasteiger partial charge is 0.394 e. The molecule has 0 unspecified atom stereocenters. The van der Waals surface area contributed by atoms with Gasteiger partial charge in [0.15, 0.2) is 0 Å². The van der Waals surface area contributed by atoms with E-state index in [1.54, 1.807) is 13.1 Å². The van der Waals surface area contributed by atoms with E-state index in [-0.39, 0.29) is 13.2 Å². The van der Waals surface area contributed by atoms with Gasteiger partial charge >= 0.3 is 0 Å². The Hall–Kier alpha value is -1.34. The van der Waals surface area contributed by atoms with E-state index >= 15 is 0 Å². The Morgan fingerprint density at radius 1 is 1.32 bits per heavy atom. The van der Waals surface area contributed by atoms with Crippen LogP contribution in [-0.4, -0.2) is 38.9 Å². The van der Waals surface area contributed by atoms with Gasteiger partial charge in [0.25, 0.3) is 0 Å². The van der Waals surface area contributed by atoms with Gasteiger partial charge < -0.3 is 15.5 Å². The first-order valence-electron chi connectivity index (χ1n) is 5.99. The highest BCUT2D eigenvalue weighted by molar-refractivity contribution is 7.13. The number of aliphatic hydroxyl groups is 2. The monoisotopic (exact) mass is 279 g/mol. The summed E-state index contributed by atoms with van der Waals surface area (Å²) in [6.45, 7) is 2.02. The molecule has 0 saturated carbocycles. The van der Waals surface area contributed by atoms with Crippen molar-refractivity contribution in [3.05, 3.63) is 35.5 Å². The summed E-state index contributed by atoms with van der Waals surface area (Å²) in [7, 11) is 0. The third-order valence-electron chi connectivity index (χ3n) is 2.83. The molecule has 0 aliphatic rings. The summed E-state index contributed by atoms with van der Waals surface area (Å²) in [5.41, 5.74) is 1.04. The average Bonchev–Trinajstić information content (AvgIpc) is 2.95. The maximum absolute atomic E-state index is 9.20. The van der Waals surface area contributed by atoms with Crippen molar-refractivity contribution in [2.75, 3.05) is 13.2 Å². The molecule has 2 heterocycles. The van der Waals surface area contributed by atoms with Gasteiger partial charge in [-0.2, -0.15) is 0 Å². The van der Waals surface area contributed by atoms with Crippen LogP contribution < -0.4 is 5.32 Å². The van der Waals surface area contributed by atoms with Gasteiger partial charge in [0, 0.05) is 18.1 Å². The molecule has 0 atom stereocenters. The molecule has 0 fully saturated rings. The van der Waals surface area contributed by atoms with Gasteiger partial charge in [-0.15, -0.1) is 11.3 Å². The lowest BCUT2D eigenvalue weighted by Gasteiger charge is -2.25. The average molecular weight is 279 g/mol. The molecule has 6 heteroatoms. The van der Waals surface area contributed by atoms with Crippen LogP contribution in [0.1, 0.15) is 12.6 Å². The van der Waals surface area contributed by atoms with E-state index in [9.17, 15) is 10.2 Å². The molecule has 3 N–H and O–H groups in total. The highest BCUT2D eigenvalue weighted by atomic mass is 32.1. The van der Waals surface area contributed by atoms with Crippen LogP contribution in [0.5, 0.6) is 0 Å². The van der Waals surface area contributed by atoms with Crippen LogP contribution in [0.25, 0.3) is 10.7 Å². The Labute approximate surface area is 116 Å². The molecule has 0 aliphatic heterocycles. The lowest BCUT2D eigenvalue weighted by molar-refractivity contribution is 0.103. The molecule has 0 spiro atoms. The normalized spacial score (nSPS) is 11.7. The summed E-state index contributed by atoms with van der Waals surface area (Å²) >= 11 is 1.53. The minimum Gasteiger partial charge on any atom is -0.394 e. The van der Waals surface area contributed by atoms with Crippen LogP contribution in [0, 0.1) is 0 Å². The number of aliphatic hydroxyl groups excluding tert-OH is 2. The van der Waals surface area contributed by atoms with Gasteiger partial charge in [-0.1, -0.05) is 6.07 Å². The predicted octanol–water partition coefficient (Wildman–Crippen LogP) is 1.04. The SMILES string of the molecule is CC(CO)(CO)NCc1csc(-c2ccccn2)n1. The number of aromatic nitrogens is 2. The quantitative estimate of drug-likeness (QED) is 0.736. The molecule has 2 aromatic heterocycles. The van der Waals surface area contributed by atoms with Gasteiger partial charge in [-0.3, -0.25) is 4.98 Å². The lowest BCUT2D eigenvalue weighted by Crippen LogP contribution is -2.48. The van der Waals surface area contributed by atoms with Crippen molar-refractivity contribution in [1.29, 1.82) is 0 Å². The van der Waals surface area contributed by atoms with Crippen LogP contribution in [0.4, 0.5) is 0 Å². The number of hydrogen-bond donors (Lipinski definition) is 3. The van der Waals surface area contributed by atoms with Crippen LogP contribution in [-0.2, 0) is 6.54 Å². The zero-order valence-electron chi connectivity index (χ0n) is 10.7. The molecular formula is C13H17N3O2S.